The van der Waals surface area contributed by atoms with E-state index in [9.17, 15) is 0 Å². The van der Waals surface area contributed by atoms with Crippen LogP contribution in [0, 0.1) is 0 Å². The first-order valence-electron chi connectivity index (χ1n) is 4.11. The normalized spacial score (nSPS) is 10.8. The summed E-state index contributed by atoms with van der Waals surface area (Å²) in [5, 5.41) is 11.1. The number of hydrogen-bond acceptors (Lipinski definition) is 3. The van der Waals surface area contributed by atoms with E-state index in [1.54, 1.807) is 18.4 Å². The average Bonchev–Trinajstić information content (AvgIpc) is 2.61. The molecule has 0 atom stereocenters. The third-order valence-electron chi connectivity index (χ3n) is 2.01. The molecule has 0 saturated heterocycles. The van der Waals surface area contributed by atoms with Gasteiger partial charge in [0.1, 0.15) is 0 Å². The number of aliphatic hydroxyl groups excluding tert-OH is 1. The third kappa shape index (κ3) is 1.65. The summed E-state index contributed by atoms with van der Waals surface area (Å²) in [6, 6.07) is 5.90. The molecule has 0 aliphatic carbocycles. The lowest BCUT2D eigenvalue weighted by atomic mass is 10.2. The Morgan fingerprint density at radius 2 is 2.21 bits per heavy atom. The van der Waals surface area contributed by atoms with E-state index in [1.807, 2.05) is 18.2 Å². The van der Waals surface area contributed by atoms with Gasteiger partial charge in [-0.15, -0.1) is 0 Å². The van der Waals surface area contributed by atoms with Gasteiger partial charge in [0, 0.05) is 20.6 Å². The SMILES string of the molecule is COc1cc2c(Br)cc(CO)cc2s1. The van der Waals surface area contributed by atoms with Crippen LogP contribution in [0.5, 0.6) is 5.06 Å². The summed E-state index contributed by atoms with van der Waals surface area (Å²) in [4.78, 5) is 0. The fraction of sp³-hybridized carbons (Fsp3) is 0.200. The highest BCUT2D eigenvalue weighted by molar-refractivity contribution is 9.10. The van der Waals surface area contributed by atoms with Crippen molar-refractivity contribution in [2.75, 3.05) is 7.11 Å². The van der Waals surface area contributed by atoms with Gasteiger partial charge in [-0.3, -0.25) is 0 Å². The fourth-order valence-corrected chi connectivity index (χ4v) is 3.04. The first kappa shape index (κ1) is 9.96. The zero-order chi connectivity index (χ0) is 10.1. The highest BCUT2D eigenvalue weighted by atomic mass is 79.9. The van der Waals surface area contributed by atoms with E-state index >= 15 is 0 Å². The molecule has 0 aliphatic rings. The Labute approximate surface area is 94.3 Å². The molecule has 1 aromatic heterocycles. The summed E-state index contributed by atoms with van der Waals surface area (Å²) in [5.41, 5.74) is 0.911. The molecule has 74 valence electrons. The van der Waals surface area contributed by atoms with Crippen LogP contribution in [-0.4, -0.2) is 12.2 Å². The van der Waals surface area contributed by atoms with Crippen molar-refractivity contribution in [1.82, 2.24) is 0 Å². The van der Waals surface area contributed by atoms with Crippen molar-refractivity contribution < 1.29 is 9.84 Å². The van der Waals surface area contributed by atoms with Gasteiger partial charge in [-0.1, -0.05) is 27.3 Å². The maximum Gasteiger partial charge on any atom is 0.174 e. The molecular formula is C10H9BrO2S. The molecule has 0 bridgehead atoms. The second-order valence-electron chi connectivity index (χ2n) is 2.92. The summed E-state index contributed by atoms with van der Waals surface area (Å²) in [5.74, 6) is 0. The molecule has 2 rings (SSSR count). The van der Waals surface area contributed by atoms with Gasteiger partial charge in [0.05, 0.1) is 13.7 Å². The van der Waals surface area contributed by atoms with Gasteiger partial charge in [0.25, 0.3) is 0 Å². The van der Waals surface area contributed by atoms with Crippen molar-refractivity contribution in [2.45, 2.75) is 6.61 Å². The zero-order valence-electron chi connectivity index (χ0n) is 7.58. The molecule has 0 aliphatic heterocycles. The third-order valence-corrected chi connectivity index (χ3v) is 3.71. The second-order valence-corrected chi connectivity index (χ2v) is 4.82. The quantitative estimate of drug-likeness (QED) is 0.910. The number of benzene rings is 1. The van der Waals surface area contributed by atoms with Crippen molar-refractivity contribution in [3.63, 3.8) is 0 Å². The Morgan fingerprint density at radius 3 is 2.86 bits per heavy atom. The predicted octanol–water partition coefficient (Wildman–Crippen LogP) is 3.16. The number of aliphatic hydroxyl groups is 1. The Morgan fingerprint density at radius 1 is 1.43 bits per heavy atom. The number of rotatable bonds is 2. The summed E-state index contributed by atoms with van der Waals surface area (Å²) in [6.45, 7) is 0.0642. The van der Waals surface area contributed by atoms with Crippen LogP contribution in [0.2, 0.25) is 0 Å². The average molecular weight is 273 g/mol. The standard InChI is InChI=1S/C10H9BrO2S/c1-13-10-4-7-8(11)2-6(5-12)3-9(7)14-10/h2-4,12H,5H2,1H3. The Hall–Kier alpha value is -0.580. The monoisotopic (exact) mass is 272 g/mol. The first-order chi connectivity index (χ1) is 6.74. The van der Waals surface area contributed by atoms with Crippen LogP contribution in [0.4, 0.5) is 0 Å². The summed E-state index contributed by atoms with van der Waals surface area (Å²) >= 11 is 5.05. The van der Waals surface area contributed by atoms with Gasteiger partial charge in [0.2, 0.25) is 0 Å². The van der Waals surface area contributed by atoms with Crippen LogP contribution in [-0.2, 0) is 6.61 Å². The van der Waals surface area contributed by atoms with Crippen LogP contribution in [0.25, 0.3) is 10.1 Å². The summed E-state index contributed by atoms with van der Waals surface area (Å²) in [7, 11) is 1.66. The molecule has 1 heterocycles. The lowest BCUT2D eigenvalue weighted by Gasteiger charge is -1.98. The minimum atomic E-state index is 0.0642. The second kappa shape index (κ2) is 3.88. The van der Waals surface area contributed by atoms with E-state index < -0.39 is 0 Å². The molecule has 14 heavy (non-hydrogen) atoms. The molecule has 2 nitrogen and oxygen atoms in total. The predicted molar refractivity (Wildman–Crippen MR) is 62.0 cm³/mol. The summed E-state index contributed by atoms with van der Waals surface area (Å²) < 4.78 is 7.29. The molecule has 1 N–H and O–H groups in total. The minimum Gasteiger partial charge on any atom is -0.487 e. The Balaban J connectivity index is 2.67. The number of hydrogen-bond donors (Lipinski definition) is 1. The molecule has 0 radical (unpaired) electrons. The lowest BCUT2D eigenvalue weighted by Crippen LogP contribution is -1.81. The smallest absolute Gasteiger partial charge is 0.174 e. The van der Waals surface area contributed by atoms with Crippen LogP contribution in [0.1, 0.15) is 5.56 Å². The fourth-order valence-electron chi connectivity index (χ4n) is 1.32. The lowest BCUT2D eigenvalue weighted by molar-refractivity contribution is 0.282. The van der Waals surface area contributed by atoms with E-state index in [-0.39, 0.29) is 6.61 Å². The number of methoxy groups -OCH3 is 1. The molecule has 2 aromatic rings. The molecule has 0 saturated carbocycles. The van der Waals surface area contributed by atoms with Crippen molar-refractivity contribution in [3.8, 4) is 5.06 Å². The van der Waals surface area contributed by atoms with Gasteiger partial charge in [-0.2, -0.15) is 0 Å². The van der Waals surface area contributed by atoms with Crippen LogP contribution in [0.15, 0.2) is 22.7 Å². The maximum absolute atomic E-state index is 9.04. The highest BCUT2D eigenvalue weighted by Gasteiger charge is 2.06. The molecule has 1 aromatic carbocycles. The van der Waals surface area contributed by atoms with Gasteiger partial charge >= 0.3 is 0 Å². The van der Waals surface area contributed by atoms with Crippen molar-refractivity contribution in [2.24, 2.45) is 0 Å². The van der Waals surface area contributed by atoms with Gasteiger partial charge < -0.3 is 9.84 Å². The first-order valence-corrected chi connectivity index (χ1v) is 5.72. The van der Waals surface area contributed by atoms with Gasteiger partial charge in [0.15, 0.2) is 5.06 Å². The van der Waals surface area contributed by atoms with E-state index in [0.29, 0.717) is 0 Å². The van der Waals surface area contributed by atoms with Crippen molar-refractivity contribution in [3.05, 3.63) is 28.2 Å². The van der Waals surface area contributed by atoms with E-state index in [0.717, 1.165) is 25.2 Å². The number of thiophene rings is 1. The highest BCUT2D eigenvalue weighted by Crippen LogP contribution is 2.36. The Bertz CT molecular complexity index is 464. The van der Waals surface area contributed by atoms with Crippen LogP contribution < -0.4 is 4.74 Å². The largest absolute Gasteiger partial charge is 0.487 e. The molecular weight excluding hydrogens is 264 g/mol. The van der Waals surface area contributed by atoms with Crippen LogP contribution >= 0.6 is 27.3 Å². The number of ether oxygens (including phenoxy) is 1. The summed E-state index contributed by atoms with van der Waals surface area (Å²) in [6.07, 6.45) is 0. The van der Waals surface area contributed by atoms with Crippen LogP contribution in [0.3, 0.4) is 0 Å². The number of halogens is 1. The molecule has 0 fully saturated rings. The molecule has 4 heteroatoms. The topological polar surface area (TPSA) is 29.5 Å². The van der Waals surface area contributed by atoms with Crippen molar-refractivity contribution in [1.29, 1.82) is 0 Å². The molecule has 0 unspecified atom stereocenters. The van der Waals surface area contributed by atoms with E-state index in [2.05, 4.69) is 15.9 Å². The van der Waals surface area contributed by atoms with E-state index in [1.165, 1.54) is 0 Å². The molecule has 0 spiro atoms. The number of fused-ring (bicyclic) bond motifs is 1. The minimum absolute atomic E-state index is 0.0642. The zero-order valence-corrected chi connectivity index (χ0v) is 9.98. The van der Waals surface area contributed by atoms with Gasteiger partial charge in [-0.25, -0.2) is 0 Å². The molecule has 0 amide bonds. The maximum atomic E-state index is 9.04. The van der Waals surface area contributed by atoms with Gasteiger partial charge in [-0.05, 0) is 17.7 Å². The van der Waals surface area contributed by atoms with E-state index in [4.69, 9.17) is 9.84 Å². The van der Waals surface area contributed by atoms with Crippen molar-refractivity contribution >= 4 is 37.4 Å². The Kier molecular flexibility index (Phi) is 2.76.